The third-order valence-corrected chi connectivity index (χ3v) is 5.69. The number of aryl methyl sites for hydroxylation is 2. The Kier molecular flexibility index (Phi) is 7.06. The van der Waals surface area contributed by atoms with E-state index in [2.05, 4.69) is 21.6 Å². The van der Waals surface area contributed by atoms with Crippen LogP contribution in [0.5, 0.6) is 0 Å². The predicted octanol–water partition coefficient (Wildman–Crippen LogP) is 4.25. The van der Waals surface area contributed by atoms with E-state index in [9.17, 15) is 4.79 Å². The van der Waals surface area contributed by atoms with Crippen molar-refractivity contribution in [2.75, 3.05) is 24.8 Å². The van der Waals surface area contributed by atoms with Gasteiger partial charge in [-0.3, -0.25) is 9.36 Å². The van der Waals surface area contributed by atoms with Gasteiger partial charge in [0.1, 0.15) is 0 Å². The summed E-state index contributed by atoms with van der Waals surface area (Å²) >= 11 is 1.38. The molecule has 0 fully saturated rings. The zero-order valence-electron chi connectivity index (χ0n) is 17.2. The largest absolute Gasteiger partial charge is 0.383 e. The van der Waals surface area contributed by atoms with Crippen LogP contribution in [0.2, 0.25) is 0 Å². The van der Waals surface area contributed by atoms with Gasteiger partial charge in [-0.15, -0.1) is 10.2 Å². The molecule has 152 valence electrons. The molecule has 0 saturated carbocycles. The summed E-state index contributed by atoms with van der Waals surface area (Å²) in [6.07, 6.45) is 0. The first-order chi connectivity index (χ1) is 14.0. The Bertz CT molecular complexity index is 1000. The molecule has 0 aliphatic carbocycles. The molecule has 1 heterocycles. The van der Waals surface area contributed by atoms with E-state index < -0.39 is 0 Å². The molecule has 2 aromatic carbocycles. The number of hydrogen-bond donors (Lipinski definition) is 1. The highest BCUT2D eigenvalue weighted by atomic mass is 32.2. The average Bonchev–Trinajstić information content (AvgIpc) is 3.11. The van der Waals surface area contributed by atoms with Gasteiger partial charge in [0, 0.05) is 18.4 Å². The summed E-state index contributed by atoms with van der Waals surface area (Å²) in [4.78, 5) is 12.5. The third-order valence-electron chi connectivity index (χ3n) is 4.72. The van der Waals surface area contributed by atoms with Gasteiger partial charge >= 0.3 is 0 Å². The van der Waals surface area contributed by atoms with Crippen LogP contribution in [0.25, 0.3) is 11.4 Å². The molecule has 0 radical (unpaired) electrons. The Hall–Kier alpha value is -2.64. The highest BCUT2D eigenvalue weighted by molar-refractivity contribution is 7.99. The van der Waals surface area contributed by atoms with Crippen molar-refractivity contribution in [2.24, 2.45) is 0 Å². The monoisotopic (exact) mass is 410 g/mol. The molecule has 0 unspecified atom stereocenters. The van der Waals surface area contributed by atoms with Crippen molar-refractivity contribution in [3.63, 3.8) is 0 Å². The molecule has 0 aliphatic heterocycles. The number of aromatic nitrogens is 3. The minimum Gasteiger partial charge on any atom is -0.383 e. The molecular weight excluding hydrogens is 384 g/mol. The number of hydrogen-bond acceptors (Lipinski definition) is 5. The van der Waals surface area contributed by atoms with E-state index >= 15 is 0 Å². The molecule has 0 bridgehead atoms. The quantitative estimate of drug-likeness (QED) is 0.562. The number of rotatable bonds is 8. The van der Waals surface area contributed by atoms with Crippen LogP contribution in [0, 0.1) is 20.8 Å². The van der Waals surface area contributed by atoms with E-state index in [1.165, 1.54) is 11.8 Å². The smallest absolute Gasteiger partial charge is 0.234 e. The molecule has 0 aliphatic rings. The second kappa shape index (κ2) is 9.71. The molecule has 0 saturated heterocycles. The number of benzene rings is 2. The molecule has 1 amide bonds. The Labute approximate surface area is 175 Å². The summed E-state index contributed by atoms with van der Waals surface area (Å²) in [6, 6.07) is 14.0. The van der Waals surface area contributed by atoms with Crippen LogP contribution in [0.15, 0.2) is 47.6 Å². The SMILES string of the molecule is COCCn1c(SCC(=O)Nc2cccc(C)c2C)nnc1-c1cccc(C)c1. The second-order valence-corrected chi connectivity index (χ2v) is 7.85. The van der Waals surface area contributed by atoms with E-state index in [1.807, 2.05) is 61.7 Å². The number of nitrogens with one attached hydrogen (secondary N) is 1. The Morgan fingerprint density at radius 1 is 1.14 bits per heavy atom. The molecule has 3 aromatic rings. The third kappa shape index (κ3) is 5.25. The number of carbonyl (C=O) groups excluding carboxylic acids is 1. The molecule has 0 spiro atoms. The number of amides is 1. The van der Waals surface area contributed by atoms with Crippen molar-refractivity contribution in [1.29, 1.82) is 0 Å². The summed E-state index contributed by atoms with van der Waals surface area (Å²) in [5.74, 6) is 0.969. The van der Waals surface area contributed by atoms with Crippen LogP contribution in [0.3, 0.4) is 0 Å². The maximum Gasteiger partial charge on any atom is 0.234 e. The summed E-state index contributed by atoms with van der Waals surface area (Å²) < 4.78 is 7.26. The predicted molar refractivity (Wildman–Crippen MR) is 117 cm³/mol. The molecular formula is C22H26N4O2S. The van der Waals surface area contributed by atoms with Crippen LogP contribution in [-0.4, -0.2) is 40.1 Å². The van der Waals surface area contributed by atoms with E-state index in [1.54, 1.807) is 7.11 Å². The minimum absolute atomic E-state index is 0.0675. The number of nitrogens with zero attached hydrogens (tertiary/aromatic N) is 3. The molecule has 0 atom stereocenters. The van der Waals surface area contributed by atoms with Gasteiger partial charge in [-0.1, -0.05) is 47.7 Å². The van der Waals surface area contributed by atoms with Crippen molar-refractivity contribution in [1.82, 2.24) is 14.8 Å². The van der Waals surface area contributed by atoms with Crippen LogP contribution in [-0.2, 0) is 16.1 Å². The highest BCUT2D eigenvalue weighted by Gasteiger charge is 2.16. The first kappa shape index (κ1) is 21.1. The first-order valence-corrected chi connectivity index (χ1v) is 10.5. The lowest BCUT2D eigenvalue weighted by molar-refractivity contribution is -0.113. The number of ether oxygens (including phenoxy) is 1. The normalized spacial score (nSPS) is 10.9. The Balaban J connectivity index is 1.74. The molecule has 29 heavy (non-hydrogen) atoms. The van der Waals surface area contributed by atoms with E-state index in [-0.39, 0.29) is 11.7 Å². The maximum absolute atomic E-state index is 12.5. The number of anilines is 1. The molecule has 1 aromatic heterocycles. The van der Waals surface area contributed by atoms with Crippen molar-refractivity contribution < 1.29 is 9.53 Å². The van der Waals surface area contributed by atoms with Gasteiger partial charge in [0.15, 0.2) is 11.0 Å². The standard InChI is InChI=1S/C22H26N4O2S/c1-15-7-5-9-18(13-15)21-24-25-22(26(21)11-12-28-4)29-14-20(27)23-19-10-6-8-16(2)17(19)3/h5-10,13H,11-12,14H2,1-4H3,(H,23,27). The fraction of sp³-hybridized carbons (Fsp3) is 0.318. The number of methoxy groups -OCH3 is 1. The lowest BCUT2D eigenvalue weighted by atomic mass is 10.1. The Morgan fingerprint density at radius 3 is 2.69 bits per heavy atom. The maximum atomic E-state index is 12.5. The summed E-state index contributed by atoms with van der Waals surface area (Å²) in [5, 5.41) is 12.4. The van der Waals surface area contributed by atoms with Gasteiger partial charge < -0.3 is 10.1 Å². The Morgan fingerprint density at radius 2 is 1.93 bits per heavy atom. The highest BCUT2D eigenvalue weighted by Crippen LogP contribution is 2.25. The zero-order valence-corrected chi connectivity index (χ0v) is 18.0. The van der Waals surface area contributed by atoms with Gasteiger partial charge in [-0.05, 0) is 44.0 Å². The topological polar surface area (TPSA) is 69.0 Å². The lowest BCUT2D eigenvalue weighted by Gasteiger charge is -2.11. The van der Waals surface area contributed by atoms with Gasteiger partial charge in [-0.25, -0.2) is 0 Å². The zero-order chi connectivity index (χ0) is 20.8. The second-order valence-electron chi connectivity index (χ2n) is 6.90. The van der Waals surface area contributed by atoms with Crippen molar-refractivity contribution in [3.8, 4) is 11.4 Å². The fourth-order valence-electron chi connectivity index (χ4n) is 2.98. The fourth-order valence-corrected chi connectivity index (χ4v) is 3.74. The van der Waals surface area contributed by atoms with Gasteiger partial charge in [0.25, 0.3) is 0 Å². The van der Waals surface area contributed by atoms with Gasteiger partial charge in [0.2, 0.25) is 5.91 Å². The molecule has 1 N–H and O–H groups in total. The average molecular weight is 411 g/mol. The van der Waals surface area contributed by atoms with E-state index in [0.29, 0.717) is 18.3 Å². The molecule has 7 heteroatoms. The van der Waals surface area contributed by atoms with Gasteiger partial charge in [0.05, 0.1) is 18.9 Å². The first-order valence-electron chi connectivity index (χ1n) is 9.47. The van der Waals surface area contributed by atoms with E-state index in [0.717, 1.165) is 33.8 Å². The van der Waals surface area contributed by atoms with Crippen LogP contribution >= 0.6 is 11.8 Å². The van der Waals surface area contributed by atoms with Crippen LogP contribution in [0.4, 0.5) is 5.69 Å². The minimum atomic E-state index is -0.0675. The molecule has 6 nitrogen and oxygen atoms in total. The summed E-state index contributed by atoms with van der Waals surface area (Å²) in [6.45, 7) is 7.25. The van der Waals surface area contributed by atoms with E-state index in [4.69, 9.17) is 4.74 Å². The van der Waals surface area contributed by atoms with Crippen molar-refractivity contribution in [2.45, 2.75) is 32.5 Å². The van der Waals surface area contributed by atoms with Crippen LogP contribution in [0.1, 0.15) is 16.7 Å². The number of thioether (sulfide) groups is 1. The summed E-state index contributed by atoms with van der Waals surface area (Å²) in [7, 11) is 1.67. The number of carbonyl (C=O) groups is 1. The lowest BCUT2D eigenvalue weighted by Crippen LogP contribution is -2.16. The van der Waals surface area contributed by atoms with Crippen molar-refractivity contribution >= 4 is 23.4 Å². The van der Waals surface area contributed by atoms with Gasteiger partial charge in [-0.2, -0.15) is 0 Å². The van der Waals surface area contributed by atoms with Crippen molar-refractivity contribution in [3.05, 3.63) is 59.2 Å². The summed E-state index contributed by atoms with van der Waals surface area (Å²) in [5.41, 5.74) is 5.23. The van der Waals surface area contributed by atoms with Crippen LogP contribution < -0.4 is 5.32 Å². The molecule has 3 rings (SSSR count).